The van der Waals surface area contributed by atoms with Crippen molar-refractivity contribution in [1.29, 1.82) is 0 Å². The van der Waals surface area contributed by atoms with Crippen molar-refractivity contribution >= 4 is 0 Å². The van der Waals surface area contributed by atoms with Gasteiger partial charge in [0.25, 0.3) is 0 Å². The summed E-state index contributed by atoms with van der Waals surface area (Å²) in [6.07, 6.45) is 0. The molecule has 0 atom stereocenters. The Hall–Kier alpha value is -5.53. The van der Waals surface area contributed by atoms with Crippen molar-refractivity contribution in [2.75, 3.05) is 0 Å². The summed E-state index contributed by atoms with van der Waals surface area (Å²) in [7, 11) is 0. The van der Waals surface area contributed by atoms with E-state index in [1.54, 1.807) is 0 Å². The molecule has 0 bridgehead atoms. The molecule has 288 valence electrons. The molecule has 0 N–H and O–H groups in total. The summed E-state index contributed by atoms with van der Waals surface area (Å²) in [5.74, 6) is 0. The summed E-state index contributed by atoms with van der Waals surface area (Å²) in [6, 6.07) is 79.0. The van der Waals surface area contributed by atoms with Gasteiger partial charge in [-0.2, -0.15) is 197 Å². The first kappa shape index (κ1) is 54.6. The van der Waals surface area contributed by atoms with Crippen LogP contribution < -0.4 is 0 Å². The second kappa shape index (κ2) is 38.4. The van der Waals surface area contributed by atoms with Gasteiger partial charge in [-0.05, 0) is 0 Å². The van der Waals surface area contributed by atoms with Gasteiger partial charge < -0.3 is 0 Å². The van der Waals surface area contributed by atoms with E-state index in [0.29, 0.717) is 0 Å². The standard InChI is InChI=1S/8C7H7.Hf.Zr/c8*1-7-5-3-2-4-6-7;;/h8*2-6H,1H2;;/q8*-1;2*+4. The maximum absolute atomic E-state index is 3.72. The zero-order valence-electron chi connectivity index (χ0n) is 33.8. The Kier molecular flexibility index (Phi) is 36.1. The normalized spacial score (nSPS) is 8.28. The summed E-state index contributed by atoms with van der Waals surface area (Å²) >= 11 is 0. The maximum atomic E-state index is 3.72. The molecule has 2 heteroatoms. The van der Waals surface area contributed by atoms with Gasteiger partial charge in [0.2, 0.25) is 0 Å². The first-order valence-electron chi connectivity index (χ1n) is 18.1. The zero-order chi connectivity index (χ0) is 40.9. The molecule has 0 spiro atoms. The van der Waals surface area contributed by atoms with Crippen LogP contribution in [-0.2, 0) is 52.0 Å². The van der Waals surface area contributed by atoms with Crippen LogP contribution in [0.25, 0.3) is 0 Å². The van der Waals surface area contributed by atoms with Gasteiger partial charge in [-0.25, -0.2) is 0 Å². The molecule has 8 aromatic carbocycles. The van der Waals surface area contributed by atoms with Crippen molar-refractivity contribution < 1.29 is 52.0 Å². The van der Waals surface area contributed by atoms with Crippen molar-refractivity contribution in [2.45, 2.75) is 0 Å². The Labute approximate surface area is 391 Å². The van der Waals surface area contributed by atoms with E-state index in [4.69, 9.17) is 0 Å². The van der Waals surface area contributed by atoms with Crippen LogP contribution in [0.3, 0.4) is 0 Å². The number of benzene rings is 8. The monoisotopic (exact) mass is 998 g/mol. The minimum atomic E-state index is 0. The largest absolute Gasteiger partial charge is 4.00 e. The van der Waals surface area contributed by atoms with Gasteiger partial charge >= 0.3 is 52.0 Å². The molecule has 0 aliphatic rings. The van der Waals surface area contributed by atoms with E-state index in [0.717, 1.165) is 44.5 Å². The fourth-order valence-corrected chi connectivity index (χ4v) is 3.82. The average molecular weight is 999 g/mol. The third-order valence-corrected chi connectivity index (χ3v) is 6.74. The van der Waals surface area contributed by atoms with Gasteiger partial charge in [-0.15, -0.1) is 97.1 Å². The van der Waals surface area contributed by atoms with Crippen LogP contribution in [-0.4, -0.2) is 0 Å². The molecule has 0 aliphatic heterocycles. The molecule has 0 heterocycles. The number of rotatable bonds is 0. The Morgan fingerprint density at radius 2 is 0.224 bits per heavy atom. The van der Waals surface area contributed by atoms with Gasteiger partial charge in [0, 0.05) is 0 Å². The van der Waals surface area contributed by atoms with E-state index in [1.807, 2.05) is 243 Å². The summed E-state index contributed by atoms with van der Waals surface area (Å²) in [5, 5.41) is 0. The first-order valence-corrected chi connectivity index (χ1v) is 18.1. The van der Waals surface area contributed by atoms with Crippen molar-refractivity contribution in [3.63, 3.8) is 0 Å². The van der Waals surface area contributed by atoms with E-state index in [-0.39, 0.29) is 52.0 Å². The van der Waals surface area contributed by atoms with E-state index in [1.165, 1.54) is 0 Å². The molecule has 58 heavy (non-hydrogen) atoms. The molecule has 8 aromatic rings. The predicted octanol–water partition coefficient (Wildman–Crippen LogP) is 14.9. The topological polar surface area (TPSA) is 0 Å². The summed E-state index contributed by atoms with van der Waals surface area (Å²) in [5.41, 5.74) is 8.57. The molecular formula is C56H56HfZr. The Balaban J connectivity index is 0. The van der Waals surface area contributed by atoms with E-state index >= 15 is 0 Å². The predicted molar refractivity (Wildman–Crippen MR) is 247 cm³/mol. The van der Waals surface area contributed by atoms with Crippen molar-refractivity contribution in [1.82, 2.24) is 0 Å². The molecule has 0 radical (unpaired) electrons. The van der Waals surface area contributed by atoms with Crippen LogP contribution in [0, 0.1) is 55.4 Å². The van der Waals surface area contributed by atoms with Gasteiger partial charge in [0.1, 0.15) is 0 Å². The molecule has 0 aliphatic carbocycles. The van der Waals surface area contributed by atoms with E-state index in [9.17, 15) is 0 Å². The molecule has 0 amide bonds. The van der Waals surface area contributed by atoms with Crippen molar-refractivity contribution in [3.05, 3.63) is 343 Å². The van der Waals surface area contributed by atoms with Gasteiger partial charge in [0.05, 0.1) is 0 Å². The molecule has 0 fully saturated rings. The molecule has 0 aromatic heterocycles. The van der Waals surface area contributed by atoms with Crippen molar-refractivity contribution in [2.24, 2.45) is 0 Å². The second-order valence-corrected chi connectivity index (χ2v) is 11.9. The maximum Gasteiger partial charge on any atom is 4.00 e. The summed E-state index contributed by atoms with van der Waals surface area (Å²) in [6.45, 7) is 29.8. The van der Waals surface area contributed by atoms with Gasteiger partial charge in [-0.3, -0.25) is 0 Å². The fraction of sp³-hybridized carbons (Fsp3) is 0. The third kappa shape index (κ3) is 36.1. The van der Waals surface area contributed by atoms with E-state index in [2.05, 4.69) is 55.4 Å². The van der Waals surface area contributed by atoms with Crippen LogP contribution in [0.4, 0.5) is 0 Å². The van der Waals surface area contributed by atoms with Crippen LogP contribution >= 0.6 is 0 Å². The molecule has 0 saturated heterocycles. The van der Waals surface area contributed by atoms with Crippen LogP contribution in [0.1, 0.15) is 44.5 Å². The van der Waals surface area contributed by atoms with Crippen LogP contribution in [0.15, 0.2) is 243 Å². The Morgan fingerprint density at radius 3 is 0.259 bits per heavy atom. The Bertz CT molecular complexity index is 1500. The summed E-state index contributed by atoms with van der Waals surface area (Å²) < 4.78 is 0. The van der Waals surface area contributed by atoms with Crippen LogP contribution in [0.2, 0.25) is 0 Å². The van der Waals surface area contributed by atoms with Crippen molar-refractivity contribution in [3.8, 4) is 0 Å². The Morgan fingerprint density at radius 1 is 0.155 bits per heavy atom. The van der Waals surface area contributed by atoms with Gasteiger partial charge in [0.15, 0.2) is 0 Å². The van der Waals surface area contributed by atoms with Gasteiger partial charge in [-0.1, -0.05) is 48.5 Å². The van der Waals surface area contributed by atoms with E-state index < -0.39 is 0 Å². The molecule has 0 nitrogen and oxygen atoms in total. The quantitative estimate of drug-likeness (QED) is 0.105. The molecule has 8 rings (SSSR count). The molecule has 0 saturated carbocycles. The first-order chi connectivity index (χ1) is 27.2. The third-order valence-electron chi connectivity index (χ3n) is 6.74. The smallest absolute Gasteiger partial charge is 0.199 e. The average Bonchev–Trinajstić information content (AvgIpc) is 3.22. The SMILES string of the molecule is [CH2-]c1ccccc1.[CH2-]c1ccccc1.[CH2-]c1ccccc1.[CH2-]c1ccccc1.[CH2-]c1ccccc1.[CH2-]c1ccccc1.[CH2-]c1ccccc1.[CH2-]c1ccccc1.[Hf+4].[Zr+4]. The second-order valence-electron chi connectivity index (χ2n) is 11.9. The molecule has 0 unspecified atom stereocenters. The molecular weight excluding hydrogens is 942 g/mol. The number of hydrogen-bond donors (Lipinski definition) is 0. The minimum Gasteiger partial charge on any atom is -0.199 e. The van der Waals surface area contributed by atoms with Crippen LogP contribution in [0.5, 0.6) is 0 Å². The number of hydrogen-bond acceptors (Lipinski definition) is 0. The fourth-order valence-electron chi connectivity index (χ4n) is 3.82. The minimum absolute atomic E-state index is 0. The zero-order valence-corrected chi connectivity index (χ0v) is 39.8. The summed E-state index contributed by atoms with van der Waals surface area (Å²) in [4.78, 5) is 0.